The van der Waals surface area contributed by atoms with Gasteiger partial charge in [-0.2, -0.15) is 5.10 Å². The van der Waals surface area contributed by atoms with Crippen molar-refractivity contribution in [1.82, 2.24) is 20.3 Å². The second kappa shape index (κ2) is 6.30. The predicted octanol–water partition coefficient (Wildman–Crippen LogP) is 2.50. The van der Waals surface area contributed by atoms with Crippen molar-refractivity contribution in [2.45, 2.75) is 33.7 Å². The summed E-state index contributed by atoms with van der Waals surface area (Å²) in [5.41, 5.74) is 1.86. The van der Waals surface area contributed by atoms with Crippen molar-refractivity contribution >= 4 is 17.5 Å². The molecular formula is C14H19ClN4O2. The summed E-state index contributed by atoms with van der Waals surface area (Å²) in [4.78, 5) is 12.1. The molecular weight excluding hydrogens is 292 g/mol. The average Bonchev–Trinajstić information content (AvgIpc) is 2.92. The number of carbonyl (C=O) groups excluding carboxylic acids is 1. The summed E-state index contributed by atoms with van der Waals surface area (Å²) in [5, 5.41) is 11.2. The number of nitrogens with one attached hydrogen (secondary N) is 1. The lowest BCUT2D eigenvalue weighted by Crippen LogP contribution is -2.25. The van der Waals surface area contributed by atoms with Gasteiger partial charge in [0.25, 0.3) is 5.91 Å². The van der Waals surface area contributed by atoms with Crippen LogP contribution >= 0.6 is 11.6 Å². The van der Waals surface area contributed by atoms with Gasteiger partial charge in [-0.1, -0.05) is 30.6 Å². The van der Waals surface area contributed by atoms with Gasteiger partial charge in [0.2, 0.25) is 0 Å². The van der Waals surface area contributed by atoms with E-state index in [2.05, 4.69) is 29.4 Å². The molecule has 0 unspecified atom stereocenters. The van der Waals surface area contributed by atoms with E-state index in [9.17, 15) is 4.79 Å². The molecule has 2 aromatic heterocycles. The maximum absolute atomic E-state index is 12.1. The molecule has 0 bridgehead atoms. The third-order valence-corrected chi connectivity index (χ3v) is 3.47. The van der Waals surface area contributed by atoms with Crippen LogP contribution in [-0.4, -0.2) is 20.8 Å². The minimum absolute atomic E-state index is 0.268. The molecule has 114 valence electrons. The molecule has 21 heavy (non-hydrogen) atoms. The first-order chi connectivity index (χ1) is 9.88. The zero-order valence-corrected chi connectivity index (χ0v) is 13.4. The Hall–Kier alpha value is -1.82. The van der Waals surface area contributed by atoms with Crippen molar-refractivity contribution in [3.63, 3.8) is 0 Å². The van der Waals surface area contributed by atoms with Crippen molar-refractivity contribution in [2.24, 2.45) is 13.0 Å². The highest BCUT2D eigenvalue weighted by Gasteiger charge is 2.18. The Balaban J connectivity index is 1.99. The van der Waals surface area contributed by atoms with Gasteiger partial charge >= 0.3 is 0 Å². The van der Waals surface area contributed by atoms with E-state index in [0.29, 0.717) is 28.1 Å². The second-order valence-electron chi connectivity index (χ2n) is 5.44. The molecule has 0 aliphatic rings. The summed E-state index contributed by atoms with van der Waals surface area (Å²) in [6.07, 6.45) is 0.851. The molecule has 7 heteroatoms. The van der Waals surface area contributed by atoms with Crippen molar-refractivity contribution in [3.05, 3.63) is 33.9 Å². The Kier molecular flexibility index (Phi) is 4.67. The first kappa shape index (κ1) is 15.6. The number of hydrogen-bond donors (Lipinski definition) is 1. The van der Waals surface area contributed by atoms with Gasteiger partial charge in [-0.15, -0.1) is 0 Å². The van der Waals surface area contributed by atoms with Crippen LogP contribution in [0.4, 0.5) is 0 Å². The average molecular weight is 311 g/mol. The molecule has 0 radical (unpaired) electrons. The Bertz CT molecular complexity index is 645. The van der Waals surface area contributed by atoms with Gasteiger partial charge in [-0.05, 0) is 19.3 Å². The minimum atomic E-state index is -0.287. The van der Waals surface area contributed by atoms with Gasteiger partial charge in [-0.25, -0.2) is 0 Å². The predicted molar refractivity (Wildman–Crippen MR) is 79.2 cm³/mol. The normalized spacial score (nSPS) is 11.1. The fraction of sp³-hybridized carbons (Fsp3) is 0.500. The standard InChI is InChI=1S/C14H19ClN4O2/c1-8(2)5-10-6-11(21-18-10)7-16-14(20)13-12(15)9(3)17-19(13)4/h6,8H,5,7H2,1-4H3,(H,16,20). The lowest BCUT2D eigenvalue weighted by molar-refractivity contribution is 0.0938. The zero-order chi connectivity index (χ0) is 15.6. The number of hydrogen-bond acceptors (Lipinski definition) is 4. The highest BCUT2D eigenvalue weighted by molar-refractivity contribution is 6.34. The molecule has 2 rings (SSSR count). The van der Waals surface area contributed by atoms with Gasteiger partial charge in [-0.3, -0.25) is 9.48 Å². The number of amides is 1. The number of carbonyl (C=O) groups is 1. The summed E-state index contributed by atoms with van der Waals surface area (Å²) in [6, 6.07) is 1.86. The van der Waals surface area contributed by atoms with E-state index in [-0.39, 0.29) is 12.5 Å². The van der Waals surface area contributed by atoms with Crippen LogP contribution in [0.25, 0.3) is 0 Å². The molecule has 0 saturated carbocycles. The molecule has 1 N–H and O–H groups in total. The third-order valence-electron chi connectivity index (χ3n) is 3.01. The van der Waals surface area contributed by atoms with Gasteiger partial charge in [0.05, 0.1) is 23.0 Å². The quantitative estimate of drug-likeness (QED) is 0.921. The number of nitrogens with zero attached hydrogens (tertiary/aromatic N) is 3. The van der Waals surface area contributed by atoms with Gasteiger partial charge in [0, 0.05) is 13.1 Å². The van der Waals surface area contributed by atoms with E-state index in [1.54, 1.807) is 14.0 Å². The van der Waals surface area contributed by atoms with E-state index in [1.165, 1.54) is 4.68 Å². The van der Waals surface area contributed by atoms with E-state index < -0.39 is 0 Å². The van der Waals surface area contributed by atoms with Crippen LogP contribution in [0.5, 0.6) is 0 Å². The van der Waals surface area contributed by atoms with Crippen LogP contribution in [0.2, 0.25) is 5.02 Å². The SMILES string of the molecule is Cc1nn(C)c(C(=O)NCc2cc(CC(C)C)no2)c1Cl. The Morgan fingerprint density at radius 2 is 2.24 bits per heavy atom. The molecule has 0 spiro atoms. The van der Waals surface area contributed by atoms with Crippen LogP contribution in [0.1, 0.15) is 41.5 Å². The van der Waals surface area contributed by atoms with Crippen LogP contribution in [0, 0.1) is 12.8 Å². The molecule has 0 aromatic carbocycles. The molecule has 0 aliphatic heterocycles. The number of rotatable bonds is 5. The summed E-state index contributed by atoms with van der Waals surface area (Å²) >= 11 is 6.07. The molecule has 2 heterocycles. The van der Waals surface area contributed by atoms with Crippen molar-refractivity contribution < 1.29 is 9.32 Å². The van der Waals surface area contributed by atoms with Gasteiger partial charge in [0.15, 0.2) is 5.76 Å². The molecule has 0 atom stereocenters. The lowest BCUT2D eigenvalue weighted by Gasteiger charge is -2.03. The summed E-state index contributed by atoms with van der Waals surface area (Å²) in [6.45, 7) is 6.25. The fourth-order valence-electron chi connectivity index (χ4n) is 2.08. The van der Waals surface area contributed by atoms with Crippen molar-refractivity contribution in [3.8, 4) is 0 Å². The van der Waals surface area contributed by atoms with Gasteiger partial charge in [0.1, 0.15) is 5.69 Å². The summed E-state index contributed by atoms with van der Waals surface area (Å²) < 4.78 is 6.67. The topological polar surface area (TPSA) is 73.0 Å². The lowest BCUT2D eigenvalue weighted by atomic mass is 10.1. The minimum Gasteiger partial charge on any atom is -0.359 e. The number of halogens is 1. The van der Waals surface area contributed by atoms with Crippen molar-refractivity contribution in [1.29, 1.82) is 0 Å². The molecule has 0 aliphatic carbocycles. The Labute approximate surface area is 128 Å². The summed E-state index contributed by atoms with van der Waals surface area (Å²) in [5.74, 6) is 0.840. The van der Waals surface area contributed by atoms with Crippen LogP contribution in [0.15, 0.2) is 10.6 Å². The third kappa shape index (κ3) is 3.64. The smallest absolute Gasteiger partial charge is 0.271 e. The van der Waals surface area contributed by atoms with Gasteiger partial charge < -0.3 is 9.84 Å². The maximum atomic E-state index is 12.1. The van der Waals surface area contributed by atoms with E-state index >= 15 is 0 Å². The first-order valence-corrected chi connectivity index (χ1v) is 7.18. The number of aromatic nitrogens is 3. The Morgan fingerprint density at radius 3 is 2.81 bits per heavy atom. The molecule has 1 amide bonds. The highest BCUT2D eigenvalue weighted by atomic mass is 35.5. The van der Waals surface area contributed by atoms with Crippen molar-refractivity contribution in [2.75, 3.05) is 0 Å². The van der Waals surface area contributed by atoms with E-state index in [0.717, 1.165) is 12.1 Å². The Morgan fingerprint density at radius 1 is 1.52 bits per heavy atom. The second-order valence-corrected chi connectivity index (χ2v) is 5.81. The molecule has 0 fully saturated rings. The fourth-order valence-corrected chi connectivity index (χ4v) is 2.33. The zero-order valence-electron chi connectivity index (χ0n) is 12.6. The molecule has 2 aromatic rings. The maximum Gasteiger partial charge on any atom is 0.271 e. The van der Waals surface area contributed by atoms with Crippen LogP contribution in [-0.2, 0) is 20.0 Å². The van der Waals surface area contributed by atoms with E-state index in [1.807, 2.05) is 6.07 Å². The molecule has 0 saturated heterocycles. The van der Waals surface area contributed by atoms with Crippen LogP contribution in [0.3, 0.4) is 0 Å². The monoisotopic (exact) mass is 310 g/mol. The summed E-state index contributed by atoms with van der Waals surface area (Å²) in [7, 11) is 1.68. The largest absolute Gasteiger partial charge is 0.359 e. The van der Waals surface area contributed by atoms with Crippen LogP contribution < -0.4 is 5.32 Å². The highest BCUT2D eigenvalue weighted by Crippen LogP contribution is 2.19. The molecule has 6 nitrogen and oxygen atoms in total. The number of aryl methyl sites for hydroxylation is 2. The first-order valence-electron chi connectivity index (χ1n) is 6.80. The van der Waals surface area contributed by atoms with E-state index in [4.69, 9.17) is 16.1 Å².